The molecular formula is C10H7BrF3IOS. The van der Waals surface area contributed by atoms with Crippen molar-refractivity contribution in [1.82, 2.24) is 0 Å². The van der Waals surface area contributed by atoms with E-state index in [1.807, 2.05) is 22.6 Å². The summed E-state index contributed by atoms with van der Waals surface area (Å²) in [5, 5.41) is 0.252. The molecule has 0 unspecified atom stereocenters. The van der Waals surface area contributed by atoms with Gasteiger partial charge in [0.2, 0.25) is 0 Å². The third kappa shape index (κ3) is 5.60. The number of halogens is 5. The second-order valence-electron chi connectivity index (χ2n) is 3.15. The Kier molecular flexibility index (Phi) is 5.78. The molecule has 0 saturated heterocycles. The van der Waals surface area contributed by atoms with Crippen LogP contribution in [0.25, 0.3) is 0 Å². The van der Waals surface area contributed by atoms with E-state index in [-0.39, 0.29) is 34.2 Å². The topological polar surface area (TPSA) is 17.1 Å². The number of thioether (sulfide) groups is 1. The molecule has 1 aromatic carbocycles. The van der Waals surface area contributed by atoms with Crippen LogP contribution in [-0.4, -0.2) is 16.6 Å². The van der Waals surface area contributed by atoms with Crippen molar-refractivity contribution >= 4 is 56.1 Å². The van der Waals surface area contributed by atoms with Gasteiger partial charge in [-0.05, 0) is 52.0 Å². The van der Waals surface area contributed by atoms with Crippen molar-refractivity contribution in [1.29, 1.82) is 0 Å². The summed E-state index contributed by atoms with van der Waals surface area (Å²) < 4.78 is 37.1. The largest absolute Gasteiger partial charge is 0.446 e. The average Bonchev–Trinajstić information content (AvgIpc) is 2.19. The molecule has 0 atom stereocenters. The monoisotopic (exact) mass is 438 g/mol. The van der Waals surface area contributed by atoms with Gasteiger partial charge in [0.05, 0.1) is 5.33 Å². The number of alkyl halides is 4. The molecule has 0 amide bonds. The summed E-state index contributed by atoms with van der Waals surface area (Å²) in [5.74, 6) is -0.000796. The van der Waals surface area contributed by atoms with Gasteiger partial charge in [-0.3, -0.25) is 4.79 Å². The zero-order valence-corrected chi connectivity index (χ0v) is 12.9. The van der Waals surface area contributed by atoms with E-state index < -0.39 is 5.51 Å². The Labute approximate surface area is 123 Å². The van der Waals surface area contributed by atoms with Gasteiger partial charge in [0.1, 0.15) is 5.78 Å². The van der Waals surface area contributed by atoms with Crippen LogP contribution in [-0.2, 0) is 11.2 Å². The predicted molar refractivity (Wildman–Crippen MR) is 73.6 cm³/mol. The zero-order chi connectivity index (χ0) is 13.1. The summed E-state index contributed by atoms with van der Waals surface area (Å²) >= 11 is 4.83. The number of hydrogen-bond acceptors (Lipinski definition) is 2. The molecule has 17 heavy (non-hydrogen) atoms. The fourth-order valence-corrected chi connectivity index (χ4v) is 2.82. The van der Waals surface area contributed by atoms with Crippen LogP contribution in [0.15, 0.2) is 23.1 Å². The number of carbonyl (C=O) groups is 1. The summed E-state index contributed by atoms with van der Waals surface area (Å²) in [6.45, 7) is 0. The van der Waals surface area contributed by atoms with Gasteiger partial charge in [-0.25, -0.2) is 0 Å². The molecule has 0 aliphatic carbocycles. The maximum absolute atomic E-state index is 12.1. The third-order valence-corrected chi connectivity index (χ3v) is 4.15. The van der Waals surface area contributed by atoms with Crippen LogP contribution < -0.4 is 0 Å². The molecule has 0 aliphatic rings. The molecule has 0 N–H and O–H groups in total. The highest BCUT2D eigenvalue weighted by Gasteiger charge is 2.29. The van der Waals surface area contributed by atoms with Crippen LogP contribution >= 0.6 is 50.3 Å². The first-order chi connectivity index (χ1) is 7.81. The Morgan fingerprint density at radius 3 is 2.53 bits per heavy atom. The second kappa shape index (κ2) is 6.42. The van der Waals surface area contributed by atoms with Crippen LogP contribution in [0.1, 0.15) is 5.56 Å². The van der Waals surface area contributed by atoms with E-state index >= 15 is 0 Å². The van der Waals surface area contributed by atoms with E-state index in [1.54, 1.807) is 6.07 Å². The van der Waals surface area contributed by atoms with Gasteiger partial charge < -0.3 is 0 Å². The zero-order valence-electron chi connectivity index (χ0n) is 8.35. The summed E-state index contributed by atoms with van der Waals surface area (Å²) in [5.41, 5.74) is -3.53. The lowest BCUT2D eigenvalue weighted by Gasteiger charge is -2.08. The molecule has 0 aliphatic heterocycles. The van der Waals surface area contributed by atoms with Crippen molar-refractivity contribution < 1.29 is 18.0 Å². The van der Waals surface area contributed by atoms with E-state index in [9.17, 15) is 18.0 Å². The molecule has 94 valence electrons. The Morgan fingerprint density at radius 1 is 1.41 bits per heavy atom. The van der Waals surface area contributed by atoms with Crippen molar-refractivity contribution in [2.45, 2.75) is 16.8 Å². The Balaban J connectivity index is 2.83. The Bertz CT molecular complexity index is 423. The Morgan fingerprint density at radius 2 is 2.06 bits per heavy atom. The second-order valence-corrected chi connectivity index (χ2v) is 6.01. The van der Waals surface area contributed by atoms with Gasteiger partial charge >= 0.3 is 5.51 Å². The maximum atomic E-state index is 12.1. The van der Waals surface area contributed by atoms with E-state index in [1.165, 1.54) is 12.1 Å². The van der Waals surface area contributed by atoms with Crippen LogP contribution in [0.2, 0.25) is 0 Å². The van der Waals surface area contributed by atoms with Crippen LogP contribution in [0.5, 0.6) is 0 Å². The quantitative estimate of drug-likeness (QED) is 0.393. The molecule has 1 nitrogen and oxygen atoms in total. The van der Waals surface area contributed by atoms with Crippen molar-refractivity contribution in [3.05, 3.63) is 27.3 Å². The molecule has 1 rings (SSSR count). The number of benzene rings is 1. The SMILES string of the molecule is O=C(CBr)Cc1ccc(SC(F)(F)F)cc1I. The van der Waals surface area contributed by atoms with Crippen LogP contribution in [0.3, 0.4) is 0 Å². The summed E-state index contributed by atoms with van der Waals surface area (Å²) in [6, 6.07) is 4.39. The fraction of sp³-hybridized carbons (Fsp3) is 0.300. The van der Waals surface area contributed by atoms with E-state index in [2.05, 4.69) is 15.9 Å². The van der Waals surface area contributed by atoms with Crippen molar-refractivity contribution in [3.63, 3.8) is 0 Å². The molecule has 0 bridgehead atoms. The van der Waals surface area contributed by atoms with Gasteiger partial charge in [-0.15, -0.1) is 0 Å². The van der Waals surface area contributed by atoms with E-state index in [0.29, 0.717) is 3.57 Å². The standard InChI is InChI=1S/C10H7BrF3IOS/c11-5-7(16)3-6-1-2-8(4-9(6)15)17-10(12,13)14/h1-2,4H,3,5H2. The van der Waals surface area contributed by atoms with Gasteiger partial charge in [0.15, 0.2) is 0 Å². The van der Waals surface area contributed by atoms with Gasteiger partial charge in [-0.1, -0.05) is 22.0 Å². The van der Waals surface area contributed by atoms with Gasteiger partial charge in [0, 0.05) is 14.9 Å². The minimum absolute atomic E-state index is 0.000796. The highest BCUT2D eigenvalue weighted by molar-refractivity contribution is 14.1. The van der Waals surface area contributed by atoms with Crippen molar-refractivity contribution in [3.8, 4) is 0 Å². The summed E-state index contributed by atoms with van der Waals surface area (Å²) in [6.07, 6.45) is 0.237. The number of Topliss-reactive ketones (excluding diaryl/α,β-unsaturated/α-hetero) is 1. The Hall–Kier alpha value is 0.240. The lowest BCUT2D eigenvalue weighted by atomic mass is 10.1. The number of hydrogen-bond donors (Lipinski definition) is 0. The smallest absolute Gasteiger partial charge is 0.298 e. The first-order valence-electron chi connectivity index (χ1n) is 4.43. The molecule has 0 heterocycles. The van der Waals surface area contributed by atoms with E-state index in [4.69, 9.17) is 0 Å². The van der Waals surface area contributed by atoms with Gasteiger partial charge in [0.25, 0.3) is 0 Å². The molecule has 0 saturated carbocycles. The molecule has 0 fully saturated rings. The lowest BCUT2D eigenvalue weighted by Crippen LogP contribution is -2.05. The molecule has 7 heteroatoms. The number of ketones is 1. The minimum atomic E-state index is -4.28. The first-order valence-corrected chi connectivity index (χ1v) is 7.45. The third-order valence-electron chi connectivity index (χ3n) is 1.79. The fourth-order valence-electron chi connectivity index (χ4n) is 1.13. The lowest BCUT2D eigenvalue weighted by molar-refractivity contribution is -0.115. The number of rotatable bonds is 4. The maximum Gasteiger partial charge on any atom is 0.446 e. The molecular weight excluding hydrogens is 432 g/mol. The first kappa shape index (κ1) is 15.3. The van der Waals surface area contributed by atoms with E-state index in [0.717, 1.165) is 5.56 Å². The highest BCUT2D eigenvalue weighted by Crippen LogP contribution is 2.37. The predicted octanol–water partition coefficient (Wildman–Crippen LogP) is 4.41. The van der Waals surface area contributed by atoms with Gasteiger partial charge in [-0.2, -0.15) is 13.2 Å². The molecule has 1 aromatic rings. The van der Waals surface area contributed by atoms with Crippen LogP contribution in [0, 0.1) is 3.57 Å². The van der Waals surface area contributed by atoms with Crippen LogP contribution in [0.4, 0.5) is 13.2 Å². The highest BCUT2D eigenvalue weighted by atomic mass is 127. The summed E-state index contributed by atoms with van der Waals surface area (Å²) in [7, 11) is 0. The van der Waals surface area contributed by atoms with Crippen molar-refractivity contribution in [2.75, 3.05) is 5.33 Å². The normalized spacial score (nSPS) is 11.6. The molecule has 0 spiro atoms. The van der Waals surface area contributed by atoms with Crippen molar-refractivity contribution in [2.24, 2.45) is 0 Å². The average molecular weight is 439 g/mol. The molecule has 0 radical (unpaired) electrons. The summed E-state index contributed by atoms with van der Waals surface area (Å²) in [4.78, 5) is 11.3. The molecule has 0 aromatic heterocycles. The number of carbonyl (C=O) groups excluding carboxylic acids is 1. The minimum Gasteiger partial charge on any atom is -0.298 e.